The summed E-state index contributed by atoms with van der Waals surface area (Å²) in [5, 5.41) is 0. The number of aromatic nitrogens is 1. The normalized spacial score (nSPS) is 20.0. The molecule has 1 unspecified atom stereocenters. The van der Waals surface area contributed by atoms with Crippen LogP contribution in [0.4, 0.5) is 0 Å². The summed E-state index contributed by atoms with van der Waals surface area (Å²) in [6.45, 7) is 2.50. The average molecular weight is 328 g/mol. The zero-order valence-corrected chi connectivity index (χ0v) is 14.0. The van der Waals surface area contributed by atoms with Crippen LogP contribution < -0.4 is 0 Å². The topological polar surface area (TPSA) is 68.6 Å². The van der Waals surface area contributed by atoms with Crippen molar-refractivity contribution < 1.29 is 17.9 Å². The molecule has 0 radical (unpaired) electrons. The van der Waals surface area contributed by atoms with E-state index >= 15 is 0 Å². The quantitative estimate of drug-likeness (QED) is 0.747. The number of carbonyl (C=O) groups excluding carboxylic acids is 1. The third-order valence-corrected chi connectivity index (χ3v) is 5.88. The van der Waals surface area contributed by atoms with Gasteiger partial charge in [-0.15, -0.1) is 0 Å². The smallest absolute Gasteiger partial charge is 0.306 e. The fourth-order valence-corrected chi connectivity index (χ4v) is 4.58. The van der Waals surface area contributed by atoms with Crippen LogP contribution in [0.25, 0.3) is 0 Å². The molecule has 1 fully saturated rings. The highest BCUT2D eigenvalue weighted by Crippen LogP contribution is 2.33. The molecule has 124 valence electrons. The zero-order chi connectivity index (χ0) is 16.2. The maximum absolute atomic E-state index is 12.6. The van der Waals surface area contributed by atoms with E-state index in [1.54, 1.807) is 11.2 Å². The number of sulfonamides is 1. The molecule has 2 rings (SSSR count). The highest BCUT2D eigenvalue weighted by atomic mass is 32.2. The van der Waals surface area contributed by atoms with E-state index in [-0.39, 0.29) is 24.8 Å². The molecule has 6 nitrogen and oxygen atoms in total. The molecule has 1 aliphatic rings. The molecule has 0 aliphatic carbocycles. The lowest BCUT2D eigenvalue weighted by Gasteiger charge is -2.35. The van der Waals surface area contributed by atoms with Crippen LogP contribution in [-0.2, 0) is 26.6 Å². The van der Waals surface area contributed by atoms with Crippen LogP contribution in [0.1, 0.15) is 44.3 Å². The van der Waals surface area contributed by atoms with E-state index in [1.165, 1.54) is 0 Å². The minimum absolute atomic E-state index is 0.0907. The molecule has 22 heavy (non-hydrogen) atoms. The van der Waals surface area contributed by atoms with Gasteiger partial charge < -0.3 is 9.30 Å². The van der Waals surface area contributed by atoms with Crippen molar-refractivity contribution in [3.63, 3.8) is 0 Å². The second-order valence-corrected chi connectivity index (χ2v) is 7.58. The number of aryl methyl sites for hydroxylation is 1. The summed E-state index contributed by atoms with van der Waals surface area (Å²) in [4.78, 5) is 11.4. The summed E-state index contributed by atoms with van der Waals surface area (Å²) in [5.74, 6) is -0.647. The van der Waals surface area contributed by atoms with Crippen molar-refractivity contribution in [3.8, 4) is 0 Å². The Morgan fingerprint density at radius 1 is 1.41 bits per heavy atom. The lowest BCUT2D eigenvalue weighted by molar-refractivity contribution is -0.142. The van der Waals surface area contributed by atoms with E-state index in [9.17, 15) is 13.2 Å². The molecule has 0 bridgehead atoms. The molecule has 1 saturated heterocycles. The standard InChI is InChI=1S/C15H24N2O4S/c1-3-21-15(18)9-12-22(19,20)17-11-5-4-7-14(17)13-8-6-10-16(13)2/h6,8,10,14H,3-5,7,9,11-12H2,1-2H3. The second kappa shape index (κ2) is 7.28. The molecule has 0 saturated carbocycles. The summed E-state index contributed by atoms with van der Waals surface area (Å²) in [7, 11) is -1.55. The number of hydrogen-bond donors (Lipinski definition) is 0. The van der Waals surface area contributed by atoms with Crippen molar-refractivity contribution in [1.82, 2.24) is 8.87 Å². The average Bonchev–Trinajstić information content (AvgIpc) is 2.92. The fourth-order valence-electron chi connectivity index (χ4n) is 2.92. The van der Waals surface area contributed by atoms with Crippen molar-refractivity contribution in [2.45, 2.75) is 38.6 Å². The summed E-state index contributed by atoms with van der Waals surface area (Å²) in [6.07, 6.45) is 4.52. The van der Waals surface area contributed by atoms with Crippen molar-refractivity contribution in [2.75, 3.05) is 18.9 Å². The van der Waals surface area contributed by atoms with Crippen LogP contribution in [0, 0.1) is 0 Å². The Morgan fingerprint density at radius 2 is 2.18 bits per heavy atom. The third kappa shape index (κ3) is 3.89. The molecule has 1 aromatic heterocycles. The molecule has 0 amide bonds. The predicted octanol–water partition coefficient (Wildman–Crippen LogP) is 1.84. The van der Waals surface area contributed by atoms with Crippen LogP contribution in [0.5, 0.6) is 0 Å². The van der Waals surface area contributed by atoms with Gasteiger partial charge in [0.25, 0.3) is 0 Å². The molecular weight excluding hydrogens is 304 g/mol. The Bertz CT molecular complexity index is 609. The molecule has 0 spiro atoms. The first kappa shape index (κ1) is 17.0. The first-order valence-electron chi connectivity index (χ1n) is 7.72. The minimum Gasteiger partial charge on any atom is -0.466 e. The number of ether oxygens (including phenoxy) is 1. The maximum atomic E-state index is 12.6. The van der Waals surface area contributed by atoms with Crippen molar-refractivity contribution in [1.29, 1.82) is 0 Å². The number of carbonyl (C=O) groups is 1. The van der Waals surface area contributed by atoms with Gasteiger partial charge in [0.15, 0.2) is 0 Å². The van der Waals surface area contributed by atoms with Gasteiger partial charge in [-0.3, -0.25) is 4.79 Å². The molecule has 1 atom stereocenters. The van der Waals surface area contributed by atoms with E-state index in [2.05, 4.69) is 0 Å². The Labute approximate surface area is 132 Å². The Balaban J connectivity index is 2.13. The largest absolute Gasteiger partial charge is 0.466 e. The molecule has 2 heterocycles. The molecule has 1 aromatic rings. The number of esters is 1. The summed E-state index contributed by atoms with van der Waals surface area (Å²) >= 11 is 0. The Kier molecular flexibility index (Phi) is 5.63. The number of nitrogens with zero attached hydrogens (tertiary/aromatic N) is 2. The number of rotatable bonds is 6. The van der Waals surface area contributed by atoms with Gasteiger partial charge in [-0.05, 0) is 31.9 Å². The van der Waals surface area contributed by atoms with Crippen LogP contribution in [-0.4, -0.2) is 42.2 Å². The van der Waals surface area contributed by atoms with E-state index in [4.69, 9.17) is 4.74 Å². The first-order chi connectivity index (χ1) is 10.5. The monoisotopic (exact) mass is 328 g/mol. The molecule has 1 aliphatic heterocycles. The number of piperidine rings is 1. The van der Waals surface area contributed by atoms with Gasteiger partial charge >= 0.3 is 5.97 Å². The highest BCUT2D eigenvalue weighted by Gasteiger charge is 2.34. The van der Waals surface area contributed by atoms with Crippen molar-refractivity contribution in [3.05, 3.63) is 24.0 Å². The van der Waals surface area contributed by atoms with Gasteiger partial charge in [-0.25, -0.2) is 8.42 Å². The van der Waals surface area contributed by atoms with E-state index in [0.29, 0.717) is 6.54 Å². The van der Waals surface area contributed by atoms with Gasteiger partial charge in [0.05, 0.1) is 24.8 Å². The van der Waals surface area contributed by atoms with Crippen LogP contribution in [0.3, 0.4) is 0 Å². The first-order valence-corrected chi connectivity index (χ1v) is 9.33. The lowest BCUT2D eigenvalue weighted by Crippen LogP contribution is -2.40. The fraction of sp³-hybridized carbons (Fsp3) is 0.667. The Morgan fingerprint density at radius 3 is 2.82 bits per heavy atom. The number of hydrogen-bond acceptors (Lipinski definition) is 4. The van der Waals surface area contributed by atoms with Crippen LogP contribution in [0.15, 0.2) is 18.3 Å². The summed E-state index contributed by atoms with van der Waals surface area (Å²) in [5.41, 5.74) is 0.999. The van der Waals surface area contributed by atoms with Crippen LogP contribution >= 0.6 is 0 Å². The van der Waals surface area contributed by atoms with E-state index in [1.807, 2.05) is 29.9 Å². The van der Waals surface area contributed by atoms with Crippen molar-refractivity contribution in [2.24, 2.45) is 7.05 Å². The SMILES string of the molecule is CCOC(=O)CCS(=O)(=O)N1CCCCC1c1cccn1C. The van der Waals surface area contributed by atoms with E-state index in [0.717, 1.165) is 25.0 Å². The summed E-state index contributed by atoms with van der Waals surface area (Å²) < 4.78 is 33.6. The van der Waals surface area contributed by atoms with Gasteiger partial charge in [0.1, 0.15) is 0 Å². The molecule has 0 N–H and O–H groups in total. The van der Waals surface area contributed by atoms with Gasteiger partial charge in [0, 0.05) is 25.5 Å². The third-order valence-electron chi connectivity index (χ3n) is 4.01. The van der Waals surface area contributed by atoms with Crippen molar-refractivity contribution >= 4 is 16.0 Å². The Hall–Kier alpha value is -1.34. The van der Waals surface area contributed by atoms with E-state index < -0.39 is 16.0 Å². The highest BCUT2D eigenvalue weighted by molar-refractivity contribution is 7.89. The maximum Gasteiger partial charge on any atom is 0.306 e. The van der Waals surface area contributed by atoms with Gasteiger partial charge in [-0.2, -0.15) is 4.31 Å². The van der Waals surface area contributed by atoms with Crippen LogP contribution in [0.2, 0.25) is 0 Å². The molecular formula is C15H24N2O4S. The van der Waals surface area contributed by atoms with Gasteiger partial charge in [0.2, 0.25) is 10.0 Å². The summed E-state index contributed by atoms with van der Waals surface area (Å²) in [6, 6.07) is 3.75. The molecule has 0 aromatic carbocycles. The minimum atomic E-state index is -3.47. The lowest BCUT2D eigenvalue weighted by atomic mass is 10.0. The second-order valence-electron chi connectivity index (χ2n) is 5.54. The zero-order valence-electron chi connectivity index (χ0n) is 13.2. The van der Waals surface area contributed by atoms with Gasteiger partial charge in [-0.1, -0.05) is 6.42 Å². The predicted molar refractivity (Wildman–Crippen MR) is 83.7 cm³/mol. The molecule has 7 heteroatoms.